The Balaban J connectivity index is 1.74. The lowest BCUT2D eigenvalue weighted by Gasteiger charge is -2.42. The molecule has 5 rings (SSSR count). The molecule has 0 bridgehead atoms. The zero-order valence-electron chi connectivity index (χ0n) is 20.5. The monoisotopic (exact) mass is 501 g/mol. The largest absolute Gasteiger partial charge is 0.495 e. The molecule has 0 aliphatic heterocycles. The van der Waals surface area contributed by atoms with Crippen LogP contribution in [0.25, 0.3) is 16.9 Å². The Morgan fingerprint density at radius 3 is 2.69 bits per heavy atom. The summed E-state index contributed by atoms with van der Waals surface area (Å²) < 4.78 is 7.26. The van der Waals surface area contributed by atoms with Crippen LogP contribution >= 0.6 is 12.2 Å². The van der Waals surface area contributed by atoms with Gasteiger partial charge in [-0.15, -0.1) is 6.58 Å². The second kappa shape index (κ2) is 10.1. The Bertz CT molecular complexity index is 1360. The number of methoxy groups -OCH3 is 1. The highest BCUT2D eigenvalue weighted by Gasteiger charge is 2.43. The second-order valence-corrected chi connectivity index (χ2v) is 9.80. The third kappa shape index (κ3) is 4.26. The maximum Gasteiger partial charge on any atom is 0.264 e. The second-order valence-electron chi connectivity index (χ2n) is 9.40. The minimum Gasteiger partial charge on any atom is -0.495 e. The van der Waals surface area contributed by atoms with Crippen LogP contribution in [0.5, 0.6) is 5.75 Å². The highest BCUT2D eigenvalue weighted by molar-refractivity contribution is 7.80. The third-order valence-electron chi connectivity index (χ3n) is 7.25. The summed E-state index contributed by atoms with van der Waals surface area (Å²) in [6.07, 6.45) is 7.97. The SMILES string of the molecule is C=CCNC(=S)NNc1nc2c(c(=O)n1-c1ccccc1OC)C1(CCCCC1)Cc1ccccc1-2. The molecule has 1 aromatic heterocycles. The molecule has 0 atom stereocenters. The normalized spacial score (nSPS) is 15.4. The Labute approximate surface area is 216 Å². The molecule has 1 saturated carbocycles. The molecular weight excluding hydrogens is 470 g/mol. The van der Waals surface area contributed by atoms with Crippen LogP contribution in [0.15, 0.2) is 66.0 Å². The number of rotatable bonds is 6. The van der Waals surface area contributed by atoms with Crippen LogP contribution in [-0.2, 0) is 11.8 Å². The van der Waals surface area contributed by atoms with Crippen LogP contribution in [0.4, 0.5) is 5.95 Å². The Morgan fingerprint density at radius 2 is 1.92 bits per heavy atom. The van der Waals surface area contributed by atoms with Crippen LogP contribution in [0, 0.1) is 0 Å². The van der Waals surface area contributed by atoms with Gasteiger partial charge in [-0.1, -0.05) is 61.7 Å². The lowest BCUT2D eigenvalue weighted by Crippen LogP contribution is -2.45. The van der Waals surface area contributed by atoms with Gasteiger partial charge in [-0.2, -0.15) is 0 Å². The number of fused-ring (bicyclic) bond motifs is 4. The first kappa shape index (κ1) is 24.1. The van der Waals surface area contributed by atoms with Gasteiger partial charge < -0.3 is 10.1 Å². The molecule has 0 saturated heterocycles. The van der Waals surface area contributed by atoms with Gasteiger partial charge in [0.05, 0.1) is 24.1 Å². The van der Waals surface area contributed by atoms with E-state index in [2.05, 4.69) is 40.9 Å². The summed E-state index contributed by atoms with van der Waals surface area (Å²) in [6, 6.07) is 15.8. The predicted octanol–water partition coefficient (Wildman–Crippen LogP) is 4.64. The molecule has 3 aromatic rings. The van der Waals surface area contributed by atoms with Crippen LogP contribution in [-0.4, -0.2) is 28.3 Å². The molecule has 8 heteroatoms. The number of nitrogens with one attached hydrogen (secondary N) is 3. The highest BCUT2D eigenvalue weighted by atomic mass is 32.1. The van der Waals surface area contributed by atoms with E-state index in [1.54, 1.807) is 17.8 Å². The van der Waals surface area contributed by atoms with E-state index in [0.717, 1.165) is 48.9 Å². The number of ether oxygens (including phenoxy) is 1. The van der Waals surface area contributed by atoms with E-state index >= 15 is 0 Å². The molecule has 1 heterocycles. The van der Waals surface area contributed by atoms with Crippen molar-refractivity contribution in [2.45, 2.75) is 43.9 Å². The van der Waals surface area contributed by atoms with E-state index in [1.165, 1.54) is 12.0 Å². The molecule has 1 spiro atoms. The van der Waals surface area contributed by atoms with Crippen molar-refractivity contribution in [3.63, 3.8) is 0 Å². The molecular formula is C28H31N5O2S. The molecule has 0 amide bonds. The first-order valence-electron chi connectivity index (χ1n) is 12.4. The number of para-hydroxylation sites is 2. The molecule has 0 radical (unpaired) electrons. The fourth-order valence-corrected chi connectivity index (χ4v) is 5.79. The zero-order chi connectivity index (χ0) is 25.1. The van der Waals surface area contributed by atoms with Crippen molar-refractivity contribution in [1.82, 2.24) is 20.3 Å². The number of anilines is 1. The molecule has 36 heavy (non-hydrogen) atoms. The van der Waals surface area contributed by atoms with Crippen molar-refractivity contribution >= 4 is 23.3 Å². The van der Waals surface area contributed by atoms with Gasteiger partial charge in [-0.3, -0.25) is 15.6 Å². The van der Waals surface area contributed by atoms with Gasteiger partial charge in [0.25, 0.3) is 5.56 Å². The topological polar surface area (TPSA) is 80.2 Å². The van der Waals surface area contributed by atoms with Crippen LogP contribution in [0.1, 0.15) is 43.2 Å². The zero-order valence-corrected chi connectivity index (χ0v) is 21.3. The van der Waals surface area contributed by atoms with Crippen molar-refractivity contribution < 1.29 is 4.74 Å². The summed E-state index contributed by atoms with van der Waals surface area (Å²) in [5.41, 5.74) is 10.2. The molecule has 2 aromatic carbocycles. The van der Waals surface area contributed by atoms with E-state index in [0.29, 0.717) is 29.0 Å². The first-order valence-corrected chi connectivity index (χ1v) is 12.8. The molecule has 2 aliphatic rings. The van der Waals surface area contributed by atoms with Crippen molar-refractivity contribution in [2.75, 3.05) is 19.1 Å². The summed E-state index contributed by atoms with van der Waals surface area (Å²) >= 11 is 5.37. The van der Waals surface area contributed by atoms with Crippen LogP contribution < -0.4 is 26.5 Å². The number of hydrogen-bond acceptors (Lipinski definition) is 5. The fraction of sp³-hybridized carbons (Fsp3) is 0.321. The van der Waals surface area contributed by atoms with Crippen molar-refractivity contribution in [1.29, 1.82) is 0 Å². The Morgan fingerprint density at radius 1 is 1.17 bits per heavy atom. The number of thiocarbonyl (C=S) groups is 1. The van der Waals surface area contributed by atoms with E-state index in [1.807, 2.05) is 30.3 Å². The number of aromatic nitrogens is 2. The van der Waals surface area contributed by atoms with E-state index < -0.39 is 0 Å². The van der Waals surface area contributed by atoms with E-state index in [9.17, 15) is 4.79 Å². The van der Waals surface area contributed by atoms with Crippen LogP contribution in [0.3, 0.4) is 0 Å². The molecule has 7 nitrogen and oxygen atoms in total. The standard InChI is InChI=1S/C28H31N5O2S/c1-3-17-29-27(36)32-31-26-30-24-20-12-6-5-11-19(20)18-28(15-9-4-10-16-28)23(24)25(34)33(26)21-13-7-8-14-22(21)35-2/h3,5-8,11-14H,1,4,9-10,15-18H2,2H3,(H,30,31)(H2,29,32,36). The summed E-state index contributed by atoms with van der Waals surface area (Å²) in [5.74, 6) is 0.930. The predicted molar refractivity (Wildman–Crippen MR) is 148 cm³/mol. The minimum atomic E-state index is -0.220. The number of hydrogen-bond donors (Lipinski definition) is 3. The van der Waals surface area contributed by atoms with Crippen molar-refractivity contribution in [2.24, 2.45) is 0 Å². The van der Waals surface area contributed by atoms with Gasteiger partial charge in [-0.25, -0.2) is 9.55 Å². The third-order valence-corrected chi connectivity index (χ3v) is 7.49. The number of hydrazine groups is 1. The molecule has 0 unspecified atom stereocenters. The minimum absolute atomic E-state index is 0.0739. The first-order chi connectivity index (χ1) is 17.6. The van der Waals surface area contributed by atoms with E-state index in [4.69, 9.17) is 21.9 Å². The molecule has 186 valence electrons. The molecule has 1 fully saturated rings. The lowest BCUT2D eigenvalue weighted by molar-refractivity contribution is 0.284. The van der Waals surface area contributed by atoms with Crippen molar-refractivity contribution in [3.05, 3.63) is 82.7 Å². The summed E-state index contributed by atoms with van der Waals surface area (Å²) in [7, 11) is 1.61. The average molecular weight is 502 g/mol. The molecule has 3 N–H and O–H groups in total. The van der Waals surface area contributed by atoms with Gasteiger partial charge in [0.1, 0.15) is 5.75 Å². The van der Waals surface area contributed by atoms with Gasteiger partial charge in [0, 0.05) is 17.5 Å². The van der Waals surface area contributed by atoms with Crippen LogP contribution in [0.2, 0.25) is 0 Å². The van der Waals surface area contributed by atoms with E-state index in [-0.39, 0.29) is 11.0 Å². The lowest BCUT2D eigenvalue weighted by atomic mass is 9.62. The van der Waals surface area contributed by atoms with Gasteiger partial charge >= 0.3 is 0 Å². The van der Waals surface area contributed by atoms with Gasteiger partial charge in [0.15, 0.2) is 5.11 Å². The quantitative estimate of drug-likeness (QED) is 0.258. The Hall–Kier alpha value is -3.65. The average Bonchev–Trinajstić information content (AvgIpc) is 2.91. The highest BCUT2D eigenvalue weighted by Crippen LogP contribution is 2.49. The maximum atomic E-state index is 14.5. The summed E-state index contributed by atoms with van der Waals surface area (Å²) in [4.78, 5) is 19.6. The summed E-state index contributed by atoms with van der Waals surface area (Å²) in [6.45, 7) is 4.22. The summed E-state index contributed by atoms with van der Waals surface area (Å²) in [5, 5.41) is 3.40. The number of nitrogens with zero attached hydrogens (tertiary/aromatic N) is 2. The maximum absolute atomic E-state index is 14.5. The van der Waals surface area contributed by atoms with Crippen molar-refractivity contribution in [3.8, 4) is 22.7 Å². The smallest absolute Gasteiger partial charge is 0.264 e. The Kier molecular flexibility index (Phi) is 6.78. The van der Waals surface area contributed by atoms with Gasteiger partial charge in [0.2, 0.25) is 5.95 Å². The fourth-order valence-electron chi connectivity index (χ4n) is 5.65. The van der Waals surface area contributed by atoms with Gasteiger partial charge in [-0.05, 0) is 49.2 Å². The number of benzene rings is 2. The molecule has 2 aliphatic carbocycles.